The fourth-order valence-electron chi connectivity index (χ4n) is 3.19. The normalized spacial score (nSPS) is 21.6. The van der Waals surface area contributed by atoms with Gasteiger partial charge >= 0.3 is 0 Å². The van der Waals surface area contributed by atoms with Gasteiger partial charge in [-0.25, -0.2) is 0 Å². The first kappa shape index (κ1) is 14.1. The Hall–Kier alpha value is -1.87. The van der Waals surface area contributed by atoms with Crippen LogP contribution in [0.4, 0.5) is 5.69 Å². The number of nitrogens with zero attached hydrogens (tertiary/aromatic N) is 1. The minimum Gasteiger partial charge on any atom is -0.316 e. The van der Waals surface area contributed by atoms with Gasteiger partial charge in [0, 0.05) is 18.5 Å². The minimum atomic E-state index is -0.285. The van der Waals surface area contributed by atoms with Crippen LogP contribution in [0.1, 0.15) is 20.3 Å². The summed E-state index contributed by atoms with van der Waals surface area (Å²) in [6.07, 6.45) is 0.910. The van der Waals surface area contributed by atoms with Gasteiger partial charge in [0.15, 0.2) is 0 Å². The van der Waals surface area contributed by atoms with Crippen molar-refractivity contribution in [1.82, 2.24) is 5.32 Å². The SMILES string of the molecule is CCN(C(=O)C1(C)CCNC1)c1cccc2ccccc12. The van der Waals surface area contributed by atoms with Crippen LogP contribution in [0.5, 0.6) is 0 Å². The molecule has 1 heterocycles. The van der Waals surface area contributed by atoms with Crippen molar-refractivity contribution in [2.75, 3.05) is 24.5 Å². The summed E-state index contributed by atoms with van der Waals surface area (Å²) < 4.78 is 0. The summed E-state index contributed by atoms with van der Waals surface area (Å²) in [5.74, 6) is 0.228. The summed E-state index contributed by atoms with van der Waals surface area (Å²) in [7, 11) is 0. The lowest BCUT2D eigenvalue weighted by Gasteiger charge is -2.31. The Morgan fingerprint density at radius 2 is 2.00 bits per heavy atom. The summed E-state index contributed by atoms with van der Waals surface area (Å²) in [6.45, 7) is 6.51. The van der Waals surface area contributed by atoms with Gasteiger partial charge in [-0.3, -0.25) is 4.79 Å². The van der Waals surface area contributed by atoms with Gasteiger partial charge in [0.25, 0.3) is 0 Å². The first-order chi connectivity index (χ1) is 10.2. The average Bonchev–Trinajstić information content (AvgIpc) is 2.96. The molecule has 21 heavy (non-hydrogen) atoms. The number of hydrogen-bond donors (Lipinski definition) is 1. The lowest BCUT2D eigenvalue weighted by Crippen LogP contribution is -2.43. The van der Waals surface area contributed by atoms with E-state index in [-0.39, 0.29) is 11.3 Å². The van der Waals surface area contributed by atoms with Gasteiger partial charge in [-0.15, -0.1) is 0 Å². The Kier molecular flexibility index (Phi) is 3.68. The molecule has 0 bridgehead atoms. The minimum absolute atomic E-state index is 0.228. The lowest BCUT2D eigenvalue weighted by atomic mass is 9.87. The van der Waals surface area contributed by atoms with Crippen LogP contribution in [0.2, 0.25) is 0 Å². The fourth-order valence-corrected chi connectivity index (χ4v) is 3.19. The lowest BCUT2D eigenvalue weighted by molar-refractivity contribution is -0.126. The monoisotopic (exact) mass is 282 g/mol. The van der Waals surface area contributed by atoms with Gasteiger partial charge < -0.3 is 10.2 Å². The molecule has 1 unspecified atom stereocenters. The Balaban J connectivity index is 2.04. The summed E-state index contributed by atoms with van der Waals surface area (Å²) in [5.41, 5.74) is 0.737. The molecular formula is C18H22N2O. The van der Waals surface area contributed by atoms with Crippen LogP contribution >= 0.6 is 0 Å². The van der Waals surface area contributed by atoms with Gasteiger partial charge in [0.05, 0.1) is 11.1 Å². The average molecular weight is 282 g/mol. The van der Waals surface area contributed by atoms with E-state index in [0.717, 1.165) is 30.6 Å². The largest absolute Gasteiger partial charge is 0.316 e. The molecule has 1 amide bonds. The second kappa shape index (κ2) is 5.49. The van der Waals surface area contributed by atoms with E-state index in [1.165, 1.54) is 5.39 Å². The summed E-state index contributed by atoms with van der Waals surface area (Å²) in [5, 5.41) is 5.63. The fraction of sp³-hybridized carbons (Fsp3) is 0.389. The highest BCUT2D eigenvalue weighted by atomic mass is 16.2. The molecule has 1 aliphatic heterocycles. The number of carbonyl (C=O) groups excluding carboxylic acids is 1. The van der Waals surface area contributed by atoms with E-state index < -0.39 is 0 Å². The van der Waals surface area contributed by atoms with Gasteiger partial charge in [-0.05, 0) is 38.3 Å². The van der Waals surface area contributed by atoms with E-state index in [1.807, 2.05) is 30.0 Å². The standard InChI is InChI=1S/C18H22N2O/c1-3-20(17(21)18(2)11-12-19-13-18)16-10-6-8-14-7-4-5-9-15(14)16/h4-10,19H,3,11-13H2,1-2H3. The Labute approximate surface area is 125 Å². The molecule has 0 aliphatic carbocycles. The van der Waals surface area contributed by atoms with E-state index in [2.05, 4.69) is 36.5 Å². The molecule has 1 N–H and O–H groups in total. The number of fused-ring (bicyclic) bond motifs is 1. The smallest absolute Gasteiger partial charge is 0.234 e. The molecule has 2 aromatic rings. The molecular weight excluding hydrogens is 260 g/mol. The summed E-state index contributed by atoms with van der Waals surface area (Å²) >= 11 is 0. The zero-order valence-corrected chi connectivity index (χ0v) is 12.7. The van der Waals surface area contributed by atoms with Crippen molar-refractivity contribution >= 4 is 22.4 Å². The molecule has 3 heteroatoms. The molecule has 0 saturated carbocycles. The van der Waals surface area contributed by atoms with Crippen molar-refractivity contribution in [2.45, 2.75) is 20.3 Å². The van der Waals surface area contributed by atoms with Crippen LogP contribution in [0.15, 0.2) is 42.5 Å². The van der Waals surface area contributed by atoms with Crippen LogP contribution in [-0.4, -0.2) is 25.5 Å². The molecule has 0 spiro atoms. The second-order valence-corrected chi connectivity index (χ2v) is 6.04. The molecule has 3 nitrogen and oxygen atoms in total. The van der Waals surface area contributed by atoms with Gasteiger partial charge in [0.1, 0.15) is 0 Å². The number of anilines is 1. The number of rotatable bonds is 3. The molecule has 2 aromatic carbocycles. The molecule has 0 radical (unpaired) electrons. The maximum atomic E-state index is 13.0. The summed E-state index contributed by atoms with van der Waals surface area (Å²) in [6, 6.07) is 14.4. The quantitative estimate of drug-likeness (QED) is 0.937. The third-order valence-electron chi connectivity index (χ3n) is 4.50. The first-order valence-electron chi connectivity index (χ1n) is 7.66. The van der Waals surface area contributed by atoms with E-state index in [9.17, 15) is 4.79 Å². The molecule has 1 atom stereocenters. The Bertz CT molecular complexity index is 654. The number of amides is 1. The van der Waals surface area contributed by atoms with Gasteiger partial charge in [-0.1, -0.05) is 36.4 Å². The number of benzene rings is 2. The predicted octanol–water partition coefficient (Wildman–Crippen LogP) is 3.19. The van der Waals surface area contributed by atoms with Crippen molar-refractivity contribution in [3.05, 3.63) is 42.5 Å². The third-order valence-corrected chi connectivity index (χ3v) is 4.50. The van der Waals surface area contributed by atoms with Crippen molar-refractivity contribution in [3.63, 3.8) is 0 Å². The number of nitrogens with one attached hydrogen (secondary N) is 1. The van der Waals surface area contributed by atoms with Gasteiger partial charge in [0.2, 0.25) is 5.91 Å². The molecule has 3 rings (SSSR count). The molecule has 1 aliphatic rings. The van der Waals surface area contributed by atoms with E-state index in [4.69, 9.17) is 0 Å². The highest BCUT2D eigenvalue weighted by Crippen LogP contribution is 2.33. The third kappa shape index (κ3) is 2.42. The van der Waals surface area contributed by atoms with E-state index >= 15 is 0 Å². The number of hydrogen-bond acceptors (Lipinski definition) is 2. The first-order valence-corrected chi connectivity index (χ1v) is 7.66. The predicted molar refractivity (Wildman–Crippen MR) is 87.6 cm³/mol. The van der Waals surface area contributed by atoms with Crippen LogP contribution < -0.4 is 10.2 Å². The highest BCUT2D eigenvalue weighted by molar-refractivity contribution is 6.05. The van der Waals surface area contributed by atoms with Crippen LogP contribution in [0, 0.1) is 5.41 Å². The van der Waals surface area contributed by atoms with Crippen molar-refractivity contribution in [3.8, 4) is 0 Å². The topological polar surface area (TPSA) is 32.3 Å². The van der Waals surface area contributed by atoms with Gasteiger partial charge in [-0.2, -0.15) is 0 Å². The van der Waals surface area contributed by atoms with Crippen LogP contribution in [0.3, 0.4) is 0 Å². The van der Waals surface area contributed by atoms with E-state index in [1.54, 1.807) is 0 Å². The highest BCUT2D eigenvalue weighted by Gasteiger charge is 2.39. The van der Waals surface area contributed by atoms with Crippen molar-refractivity contribution in [1.29, 1.82) is 0 Å². The summed E-state index contributed by atoms with van der Waals surface area (Å²) in [4.78, 5) is 15.0. The molecule has 1 fully saturated rings. The zero-order valence-electron chi connectivity index (χ0n) is 12.7. The maximum absolute atomic E-state index is 13.0. The Morgan fingerprint density at radius 1 is 1.24 bits per heavy atom. The molecule has 110 valence electrons. The second-order valence-electron chi connectivity index (χ2n) is 6.04. The Morgan fingerprint density at radius 3 is 2.71 bits per heavy atom. The van der Waals surface area contributed by atoms with Crippen LogP contribution in [0.25, 0.3) is 10.8 Å². The maximum Gasteiger partial charge on any atom is 0.234 e. The molecule has 1 saturated heterocycles. The van der Waals surface area contributed by atoms with Crippen molar-refractivity contribution in [2.24, 2.45) is 5.41 Å². The van der Waals surface area contributed by atoms with Crippen LogP contribution in [-0.2, 0) is 4.79 Å². The van der Waals surface area contributed by atoms with E-state index in [0.29, 0.717) is 6.54 Å². The van der Waals surface area contributed by atoms with Crippen molar-refractivity contribution < 1.29 is 4.79 Å². The molecule has 0 aromatic heterocycles. The number of carbonyl (C=O) groups is 1. The zero-order chi connectivity index (χ0) is 14.9.